The molecule has 3 rings (SSSR count). The lowest BCUT2D eigenvalue weighted by Crippen LogP contribution is -2.45. The van der Waals surface area contributed by atoms with Gasteiger partial charge in [-0.1, -0.05) is 23.8 Å². The normalized spacial score (nSPS) is 16.9. The van der Waals surface area contributed by atoms with Crippen molar-refractivity contribution in [1.82, 2.24) is 4.31 Å². The van der Waals surface area contributed by atoms with E-state index in [0.29, 0.717) is 18.0 Å². The van der Waals surface area contributed by atoms with Gasteiger partial charge in [-0.05, 0) is 50.2 Å². The third-order valence-corrected chi connectivity index (χ3v) is 6.70. The van der Waals surface area contributed by atoms with Gasteiger partial charge in [-0.3, -0.25) is 9.59 Å². The van der Waals surface area contributed by atoms with E-state index in [1.165, 1.54) is 18.2 Å². The quantitative estimate of drug-likeness (QED) is 0.477. The van der Waals surface area contributed by atoms with Crippen molar-refractivity contribution in [2.75, 3.05) is 18.1 Å². The van der Waals surface area contributed by atoms with Crippen LogP contribution in [0.4, 0.5) is 5.69 Å². The van der Waals surface area contributed by atoms with Gasteiger partial charge in [-0.2, -0.15) is 4.31 Å². The summed E-state index contributed by atoms with van der Waals surface area (Å²) in [5, 5.41) is 0. The Morgan fingerprint density at radius 2 is 1.77 bits per heavy atom. The van der Waals surface area contributed by atoms with E-state index in [2.05, 4.69) is 6.58 Å². The predicted octanol–water partition coefficient (Wildman–Crippen LogP) is 2.90. The number of carbonyl (C=O) groups is 2. The molecule has 1 aliphatic heterocycles. The van der Waals surface area contributed by atoms with E-state index in [-0.39, 0.29) is 17.9 Å². The minimum Gasteiger partial charge on any atom is -0.494 e. The molecule has 0 radical (unpaired) electrons. The average Bonchev–Trinajstić information content (AvgIpc) is 3.01. The van der Waals surface area contributed by atoms with Crippen LogP contribution in [0.25, 0.3) is 0 Å². The van der Waals surface area contributed by atoms with Crippen LogP contribution in [0.5, 0.6) is 5.75 Å². The van der Waals surface area contributed by atoms with Crippen LogP contribution in [0.1, 0.15) is 18.9 Å². The molecule has 7 nitrogen and oxygen atoms in total. The summed E-state index contributed by atoms with van der Waals surface area (Å²) in [7, 11) is -4.00. The molecule has 0 N–H and O–H groups in total. The van der Waals surface area contributed by atoms with E-state index in [1.54, 1.807) is 36.4 Å². The lowest BCUT2D eigenvalue weighted by molar-refractivity contribution is -0.122. The molecule has 30 heavy (non-hydrogen) atoms. The van der Waals surface area contributed by atoms with Crippen LogP contribution < -0.4 is 9.64 Å². The van der Waals surface area contributed by atoms with Crippen molar-refractivity contribution >= 4 is 27.5 Å². The topological polar surface area (TPSA) is 84.0 Å². The second-order valence-corrected chi connectivity index (χ2v) is 8.78. The molecule has 0 aromatic heterocycles. The summed E-state index contributed by atoms with van der Waals surface area (Å²) in [6.45, 7) is 7.73. The fourth-order valence-electron chi connectivity index (χ4n) is 3.34. The lowest BCUT2D eigenvalue weighted by Gasteiger charge is -2.25. The molecule has 1 aliphatic rings. The van der Waals surface area contributed by atoms with Crippen LogP contribution in [-0.4, -0.2) is 43.7 Å². The molecule has 1 fully saturated rings. The van der Waals surface area contributed by atoms with E-state index in [9.17, 15) is 18.0 Å². The van der Waals surface area contributed by atoms with E-state index in [1.807, 2.05) is 13.8 Å². The van der Waals surface area contributed by atoms with Crippen molar-refractivity contribution in [3.8, 4) is 5.75 Å². The number of nitrogens with zero attached hydrogens (tertiary/aromatic N) is 2. The molecular weight excluding hydrogens is 404 g/mol. The number of hydrogen-bond acceptors (Lipinski definition) is 5. The van der Waals surface area contributed by atoms with Gasteiger partial charge >= 0.3 is 0 Å². The molecule has 0 spiro atoms. The van der Waals surface area contributed by atoms with Crippen LogP contribution in [-0.2, 0) is 19.6 Å². The van der Waals surface area contributed by atoms with Gasteiger partial charge in [0.15, 0.2) is 0 Å². The van der Waals surface area contributed by atoms with Crippen molar-refractivity contribution in [3.63, 3.8) is 0 Å². The molecule has 2 aromatic carbocycles. The standard InChI is InChI=1S/C22H24N2O5S/c1-4-14-23(30(27,28)19-12-6-16(3)7-13-19)20-15-21(25)24(22(20)26)17-8-10-18(11-9-17)29-5-2/h4,6-13,20H,1,5,14-15H2,2-3H3. The monoisotopic (exact) mass is 428 g/mol. The number of sulfonamides is 1. The fourth-order valence-corrected chi connectivity index (χ4v) is 4.89. The predicted molar refractivity (Wildman–Crippen MR) is 114 cm³/mol. The lowest BCUT2D eigenvalue weighted by atomic mass is 10.2. The van der Waals surface area contributed by atoms with Crippen LogP contribution in [0.2, 0.25) is 0 Å². The zero-order chi connectivity index (χ0) is 21.9. The van der Waals surface area contributed by atoms with Gasteiger partial charge in [0, 0.05) is 6.54 Å². The third-order valence-electron chi connectivity index (χ3n) is 4.81. The second-order valence-electron chi connectivity index (χ2n) is 6.89. The Hall–Kier alpha value is -2.97. The van der Waals surface area contributed by atoms with Crippen molar-refractivity contribution < 1.29 is 22.7 Å². The van der Waals surface area contributed by atoms with E-state index < -0.39 is 27.9 Å². The molecule has 8 heteroatoms. The molecule has 1 heterocycles. The van der Waals surface area contributed by atoms with Gasteiger partial charge < -0.3 is 4.74 Å². The first-order valence-electron chi connectivity index (χ1n) is 9.58. The van der Waals surface area contributed by atoms with Gasteiger partial charge in [0.2, 0.25) is 15.9 Å². The maximum absolute atomic E-state index is 13.2. The van der Waals surface area contributed by atoms with Crippen LogP contribution >= 0.6 is 0 Å². The van der Waals surface area contributed by atoms with Crippen LogP contribution in [0, 0.1) is 6.92 Å². The van der Waals surface area contributed by atoms with Crippen molar-refractivity contribution in [2.24, 2.45) is 0 Å². The maximum Gasteiger partial charge on any atom is 0.252 e. The van der Waals surface area contributed by atoms with Crippen molar-refractivity contribution in [3.05, 3.63) is 66.7 Å². The summed E-state index contributed by atoms with van der Waals surface area (Å²) < 4.78 is 32.8. The summed E-state index contributed by atoms with van der Waals surface area (Å²) in [5.74, 6) is -0.420. The van der Waals surface area contributed by atoms with E-state index >= 15 is 0 Å². The van der Waals surface area contributed by atoms with Crippen LogP contribution in [0.3, 0.4) is 0 Å². The molecule has 1 atom stereocenters. The number of imide groups is 1. The largest absolute Gasteiger partial charge is 0.494 e. The number of benzene rings is 2. The first-order chi connectivity index (χ1) is 14.3. The van der Waals surface area contributed by atoms with Gasteiger partial charge in [-0.25, -0.2) is 13.3 Å². The molecule has 2 amide bonds. The molecule has 158 valence electrons. The van der Waals surface area contributed by atoms with Gasteiger partial charge in [0.25, 0.3) is 5.91 Å². The highest BCUT2D eigenvalue weighted by atomic mass is 32.2. The zero-order valence-corrected chi connectivity index (χ0v) is 17.8. The SMILES string of the molecule is C=CCN(C1CC(=O)N(c2ccc(OCC)cc2)C1=O)S(=O)(=O)c1ccc(C)cc1. The average molecular weight is 429 g/mol. The van der Waals surface area contributed by atoms with E-state index in [0.717, 1.165) is 14.8 Å². The first kappa shape index (κ1) is 21.7. The Morgan fingerprint density at radius 3 is 2.33 bits per heavy atom. The number of ether oxygens (including phenoxy) is 1. The van der Waals surface area contributed by atoms with Gasteiger partial charge in [0.1, 0.15) is 11.8 Å². The smallest absolute Gasteiger partial charge is 0.252 e. The Balaban J connectivity index is 1.92. The number of carbonyl (C=O) groups excluding carboxylic acids is 2. The first-order valence-corrected chi connectivity index (χ1v) is 11.0. The Bertz CT molecular complexity index is 1050. The Labute approximate surface area is 176 Å². The summed E-state index contributed by atoms with van der Waals surface area (Å²) in [5.41, 5.74) is 1.29. The molecule has 0 saturated carbocycles. The van der Waals surface area contributed by atoms with Crippen molar-refractivity contribution in [1.29, 1.82) is 0 Å². The number of hydrogen-bond donors (Lipinski definition) is 0. The molecule has 0 bridgehead atoms. The summed E-state index contributed by atoms with van der Waals surface area (Å²) in [4.78, 5) is 26.9. The highest BCUT2D eigenvalue weighted by Crippen LogP contribution is 2.30. The summed E-state index contributed by atoms with van der Waals surface area (Å²) in [6.07, 6.45) is 1.17. The highest BCUT2D eigenvalue weighted by Gasteiger charge is 2.46. The summed E-state index contributed by atoms with van der Waals surface area (Å²) in [6, 6.07) is 11.8. The van der Waals surface area contributed by atoms with Gasteiger partial charge in [0.05, 0.1) is 23.6 Å². The zero-order valence-electron chi connectivity index (χ0n) is 16.9. The highest BCUT2D eigenvalue weighted by molar-refractivity contribution is 7.89. The maximum atomic E-state index is 13.2. The number of aryl methyl sites for hydroxylation is 1. The number of anilines is 1. The molecule has 1 unspecified atom stereocenters. The summed E-state index contributed by atoms with van der Waals surface area (Å²) >= 11 is 0. The number of amides is 2. The fraction of sp³-hybridized carbons (Fsp3) is 0.273. The molecule has 2 aromatic rings. The Morgan fingerprint density at radius 1 is 1.13 bits per heavy atom. The number of rotatable bonds is 8. The Kier molecular flexibility index (Phi) is 6.38. The second kappa shape index (κ2) is 8.81. The molecule has 0 aliphatic carbocycles. The third kappa shape index (κ3) is 4.15. The minimum atomic E-state index is -4.00. The minimum absolute atomic E-state index is 0.0646. The van der Waals surface area contributed by atoms with Crippen molar-refractivity contribution in [2.45, 2.75) is 31.2 Å². The van der Waals surface area contributed by atoms with Gasteiger partial charge in [-0.15, -0.1) is 6.58 Å². The molecule has 1 saturated heterocycles. The van der Waals surface area contributed by atoms with Crippen LogP contribution in [0.15, 0.2) is 66.1 Å². The van der Waals surface area contributed by atoms with E-state index in [4.69, 9.17) is 4.74 Å². The molecular formula is C22H24N2O5S.